The van der Waals surface area contributed by atoms with Crippen LogP contribution in [-0.2, 0) is 32.1 Å². The largest absolute Gasteiger partial charge is 0.488 e. The van der Waals surface area contributed by atoms with Crippen molar-refractivity contribution in [1.29, 1.82) is 0 Å². The van der Waals surface area contributed by atoms with E-state index in [4.69, 9.17) is 14.6 Å². The normalized spacial score (nSPS) is 13.5. The van der Waals surface area contributed by atoms with Crippen LogP contribution in [0.2, 0.25) is 0 Å². The fraction of sp³-hybridized carbons (Fsp3) is 0.448. The van der Waals surface area contributed by atoms with Crippen molar-refractivity contribution in [3.8, 4) is 5.75 Å². The van der Waals surface area contributed by atoms with Crippen molar-refractivity contribution in [2.45, 2.75) is 78.3 Å². The third-order valence-electron chi connectivity index (χ3n) is 5.58. The van der Waals surface area contributed by atoms with Gasteiger partial charge in [-0.2, -0.15) is 0 Å². The van der Waals surface area contributed by atoms with Gasteiger partial charge in [0.05, 0.1) is 0 Å². The predicted molar refractivity (Wildman–Crippen MR) is 146 cm³/mol. The summed E-state index contributed by atoms with van der Waals surface area (Å²) < 4.78 is 11.2. The first-order valence-electron chi connectivity index (χ1n) is 12.8. The smallest absolute Gasteiger partial charge is 0.408 e. The summed E-state index contributed by atoms with van der Waals surface area (Å²) in [5.41, 5.74) is 1.15. The molecule has 0 aromatic heterocycles. The summed E-state index contributed by atoms with van der Waals surface area (Å²) in [6.07, 6.45) is -0.684. The van der Waals surface area contributed by atoms with Gasteiger partial charge < -0.3 is 30.5 Å². The number of ether oxygens (including phenoxy) is 2. The molecule has 3 amide bonds. The molecule has 2 aromatic rings. The number of hydrogen-bond donors (Lipinski definition) is 4. The molecule has 10 heteroatoms. The first-order valence-corrected chi connectivity index (χ1v) is 12.8. The molecule has 0 spiro atoms. The molecule has 0 saturated carbocycles. The Bertz CT molecular complexity index is 1110. The zero-order chi connectivity index (χ0) is 29.2. The highest BCUT2D eigenvalue weighted by Crippen LogP contribution is 2.19. The van der Waals surface area contributed by atoms with E-state index in [-0.39, 0.29) is 24.5 Å². The molecular weight excluding hydrogens is 502 g/mol. The Hall–Kier alpha value is -4.08. The van der Waals surface area contributed by atoms with Gasteiger partial charge in [-0.15, -0.1) is 0 Å². The fourth-order valence-corrected chi connectivity index (χ4v) is 3.55. The van der Waals surface area contributed by atoms with Gasteiger partial charge in [-0.05, 0) is 56.9 Å². The van der Waals surface area contributed by atoms with Gasteiger partial charge in [-0.3, -0.25) is 14.4 Å². The monoisotopic (exact) mass is 541 g/mol. The maximum Gasteiger partial charge on any atom is 0.408 e. The van der Waals surface area contributed by atoms with Crippen LogP contribution in [0.5, 0.6) is 5.75 Å². The molecule has 0 heterocycles. The summed E-state index contributed by atoms with van der Waals surface area (Å²) in [5.74, 6) is -2.14. The molecule has 212 valence electrons. The number of alkyl carbamates (subject to hydrolysis) is 1. The molecular formula is C29H39N3O7. The van der Waals surface area contributed by atoms with Crippen LogP contribution in [0.25, 0.3) is 0 Å². The number of aliphatic carboxylic acids is 1. The van der Waals surface area contributed by atoms with E-state index in [0.29, 0.717) is 5.75 Å². The molecule has 10 nitrogen and oxygen atoms in total. The van der Waals surface area contributed by atoms with E-state index >= 15 is 0 Å². The predicted octanol–water partition coefficient (Wildman–Crippen LogP) is 3.43. The number of hydrogen-bond acceptors (Lipinski definition) is 6. The molecule has 1 unspecified atom stereocenters. The lowest BCUT2D eigenvalue weighted by Crippen LogP contribution is -2.57. The maximum atomic E-state index is 13.3. The van der Waals surface area contributed by atoms with Crippen LogP contribution in [0.1, 0.15) is 52.7 Å². The average Bonchev–Trinajstić information content (AvgIpc) is 2.86. The minimum atomic E-state index is -1.20. The highest BCUT2D eigenvalue weighted by molar-refractivity contribution is 5.93. The van der Waals surface area contributed by atoms with Crippen LogP contribution >= 0.6 is 0 Å². The van der Waals surface area contributed by atoms with E-state index in [1.54, 1.807) is 38.1 Å². The average molecular weight is 542 g/mol. The third-order valence-corrected chi connectivity index (χ3v) is 5.58. The molecule has 0 bridgehead atoms. The van der Waals surface area contributed by atoms with Gasteiger partial charge in [0.2, 0.25) is 11.8 Å². The summed E-state index contributed by atoms with van der Waals surface area (Å²) in [6.45, 7) is 10.6. The second kappa shape index (κ2) is 14.2. The van der Waals surface area contributed by atoms with Crippen molar-refractivity contribution in [2.75, 3.05) is 0 Å². The number of nitrogens with one attached hydrogen (secondary N) is 3. The first kappa shape index (κ1) is 31.1. The zero-order valence-corrected chi connectivity index (χ0v) is 23.3. The van der Waals surface area contributed by atoms with Gasteiger partial charge in [0, 0.05) is 6.42 Å². The topological polar surface area (TPSA) is 143 Å². The van der Waals surface area contributed by atoms with Gasteiger partial charge >= 0.3 is 12.1 Å². The standard InChI is InChI=1S/C29H39N3O7/c1-18(2)24(26(34)30-19(3)27(35)36)32-25(33)23(31-28(37)38-17-21-10-8-7-9-11-21)16-20-12-14-22(15-13-20)39-29(4,5)6/h7-15,18-19,23-24H,16-17H2,1-6H3,(H,30,34)(H,31,37)(H,32,33)(H,35,36)/t19-,23-,24?/m0/s1. The zero-order valence-electron chi connectivity index (χ0n) is 23.3. The minimum Gasteiger partial charge on any atom is -0.488 e. The van der Waals surface area contributed by atoms with Crippen molar-refractivity contribution >= 4 is 23.9 Å². The van der Waals surface area contributed by atoms with Gasteiger partial charge in [-0.25, -0.2) is 4.79 Å². The molecule has 0 aliphatic carbocycles. The molecule has 2 aromatic carbocycles. The Morgan fingerprint density at radius 2 is 1.44 bits per heavy atom. The Morgan fingerprint density at radius 1 is 0.821 bits per heavy atom. The lowest BCUT2D eigenvalue weighted by Gasteiger charge is -2.26. The van der Waals surface area contributed by atoms with Crippen LogP contribution in [0, 0.1) is 5.92 Å². The SMILES string of the molecule is CC(C)C(NC(=O)[C@H](Cc1ccc(OC(C)(C)C)cc1)NC(=O)OCc1ccccc1)C(=O)N[C@@H](C)C(=O)O. The lowest BCUT2D eigenvalue weighted by atomic mass is 10.0. The fourth-order valence-electron chi connectivity index (χ4n) is 3.55. The van der Waals surface area contributed by atoms with E-state index in [9.17, 15) is 19.2 Å². The van der Waals surface area contributed by atoms with Crippen molar-refractivity contribution < 1.29 is 33.8 Å². The van der Waals surface area contributed by atoms with E-state index in [1.165, 1.54) is 6.92 Å². The second-order valence-electron chi connectivity index (χ2n) is 10.6. The Labute approximate surface area is 229 Å². The highest BCUT2D eigenvalue weighted by atomic mass is 16.5. The number of carboxylic acids is 1. The lowest BCUT2D eigenvalue weighted by molar-refractivity contribution is -0.142. The molecule has 2 rings (SSSR count). The van der Waals surface area contributed by atoms with Crippen LogP contribution in [0.15, 0.2) is 54.6 Å². The van der Waals surface area contributed by atoms with E-state index in [1.807, 2.05) is 51.1 Å². The molecule has 39 heavy (non-hydrogen) atoms. The van der Waals surface area contributed by atoms with E-state index in [2.05, 4.69) is 16.0 Å². The number of rotatable bonds is 12. The van der Waals surface area contributed by atoms with Gasteiger partial charge in [0.15, 0.2) is 0 Å². The molecule has 0 radical (unpaired) electrons. The molecule has 0 fully saturated rings. The summed E-state index contributed by atoms with van der Waals surface area (Å²) in [7, 11) is 0. The van der Waals surface area contributed by atoms with Crippen molar-refractivity contribution in [1.82, 2.24) is 16.0 Å². The number of carbonyl (C=O) groups is 4. The number of benzene rings is 2. The summed E-state index contributed by atoms with van der Waals surface area (Å²) in [6, 6.07) is 13.0. The van der Waals surface area contributed by atoms with Crippen LogP contribution < -0.4 is 20.7 Å². The number of amides is 3. The van der Waals surface area contributed by atoms with Crippen molar-refractivity contribution in [3.05, 3.63) is 65.7 Å². The molecule has 0 aliphatic heterocycles. The van der Waals surface area contributed by atoms with E-state index in [0.717, 1.165) is 11.1 Å². The Balaban J connectivity index is 2.19. The molecule has 4 N–H and O–H groups in total. The minimum absolute atomic E-state index is 0.0178. The summed E-state index contributed by atoms with van der Waals surface area (Å²) in [4.78, 5) is 49.9. The molecule has 0 saturated heterocycles. The highest BCUT2D eigenvalue weighted by Gasteiger charge is 2.30. The second-order valence-corrected chi connectivity index (χ2v) is 10.6. The van der Waals surface area contributed by atoms with E-state index < -0.39 is 42.0 Å². The summed E-state index contributed by atoms with van der Waals surface area (Å²) >= 11 is 0. The quantitative estimate of drug-likeness (QED) is 0.322. The first-order chi connectivity index (χ1) is 18.2. The summed E-state index contributed by atoms with van der Waals surface area (Å²) in [5, 5.41) is 16.8. The van der Waals surface area contributed by atoms with Gasteiger partial charge in [0.1, 0.15) is 36.1 Å². The number of carbonyl (C=O) groups excluding carboxylic acids is 3. The van der Waals surface area contributed by atoms with Crippen LogP contribution in [0.3, 0.4) is 0 Å². The Kier molecular flexibility index (Phi) is 11.3. The van der Waals surface area contributed by atoms with Crippen LogP contribution in [-0.4, -0.2) is 52.7 Å². The van der Waals surface area contributed by atoms with Crippen LogP contribution in [0.4, 0.5) is 4.79 Å². The molecule has 0 aliphatic rings. The maximum absolute atomic E-state index is 13.3. The Morgan fingerprint density at radius 3 is 1.97 bits per heavy atom. The van der Waals surface area contributed by atoms with Crippen molar-refractivity contribution in [2.24, 2.45) is 5.92 Å². The van der Waals surface area contributed by atoms with Crippen molar-refractivity contribution in [3.63, 3.8) is 0 Å². The van der Waals surface area contributed by atoms with Gasteiger partial charge in [0.25, 0.3) is 0 Å². The van der Waals surface area contributed by atoms with Gasteiger partial charge in [-0.1, -0.05) is 56.3 Å². The molecule has 3 atom stereocenters. The number of carboxylic acid groups (broad SMARTS) is 1. The third kappa shape index (κ3) is 11.1.